The fourth-order valence-corrected chi connectivity index (χ4v) is 3.85. The molecule has 1 heterocycles. The van der Waals surface area contributed by atoms with Crippen molar-refractivity contribution in [1.82, 2.24) is 20.2 Å². The molecule has 0 spiro atoms. The van der Waals surface area contributed by atoms with Crippen molar-refractivity contribution in [3.63, 3.8) is 0 Å². The highest BCUT2D eigenvalue weighted by molar-refractivity contribution is 8.00. The molecule has 0 radical (unpaired) electrons. The third-order valence-electron chi connectivity index (χ3n) is 4.52. The Bertz CT molecular complexity index is 1150. The SMILES string of the molecule is CCOc1ccc(NC(=O)[C@H](C)Sc2nnnn2-c2cccc3ccccc23)cc1. The Morgan fingerprint density at radius 2 is 1.87 bits per heavy atom. The van der Waals surface area contributed by atoms with E-state index in [1.807, 2.05) is 80.6 Å². The summed E-state index contributed by atoms with van der Waals surface area (Å²) >= 11 is 1.31. The largest absolute Gasteiger partial charge is 0.494 e. The first-order chi connectivity index (χ1) is 14.7. The molecule has 0 fully saturated rings. The smallest absolute Gasteiger partial charge is 0.237 e. The maximum Gasteiger partial charge on any atom is 0.237 e. The Kier molecular flexibility index (Phi) is 5.94. The van der Waals surface area contributed by atoms with Gasteiger partial charge in [-0.2, -0.15) is 4.68 Å². The summed E-state index contributed by atoms with van der Waals surface area (Å²) in [5, 5.41) is 17.3. The van der Waals surface area contributed by atoms with E-state index < -0.39 is 5.25 Å². The number of amides is 1. The van der Waals surface area contributed by atoms with Crippen LogP contribution in [0.25, 0.3) is 16.5 Å². The lowest BCUT2D eigenvalue weighted by molar-refractivity contribution is -0.115. The van der Waals surface area contributed by atoms with Crippen LogP contribution in [-0.2, 0) is 4.79 Å². The predicted octanol–water partition coefficient (Wildman–Crippen LogP) is 4.33. The molecule has 0 aliphatic heterocycles. The highest BCUT2D eigenvalue weighted by Gasteiger charge is 2.20. The number of anilines is 1. The second kappa shape index (κ2) is 8.96. The number of thioether (sulfide) groups is 1. The van der Waals surface area contributed by atoms with Crippen LogP contribution in [0.1, 0.15) is 13.8 Å². The minimum atomic E-state index is -0.392. The fourth-order valence-electron chi connectivity index (χ4n) is 3.05. The third-order valence-corrected chi connectivity index (χ3v) is 5.55. The van der Waals surface area contributed by atoms with Crippen molar-refractivity contribution in [2.24, 2.45) is 0 Å². The number of benzene rings is 3. The third kappa shape index (κ3) is 4.28. The average molecular weight is 420 g/mol. The van der Waals surface area contributed by atoms with E-state index >= 15 is 0 Å². The first kappa shape index (κ1) is 19.9. The highest BCUT2D eigenvalue weighted by Crippen LogP contribution is 2.28. The van der Waals surface area contributed by atoms with Gasteiger partial charge < -0.3 is 10.1 Å². The van der Waals surface area contributed by atoms with Crippen LogP contribution in [0.3, 0.4) is 0 Å². The van der Waals surface area contributed by atoms with E-state index in [-0.39, 0.29) is 5.91 Å². The molecule has 0 aliphatic carbocycles. The summed E-state index contributed by atoms with van der Waals surface area (Å²) in [6, 6.07) is 21.3. The lowest BCUT2D eigenvalue weighted by Crippen LogP contribution is -2.22. The number of ether oxygens (including phenoxy) is 1. The summed E-state index contributed by atoms with van der Waals surface area (Å²) in [4.78, 5) is 12.7. The first-order valence-electron chi connectivity index (χ1n) is 9.62. The van der Waals surface area contributed by atoms with Gasteiger partial charge in [-0.3, -0.25) is 4.79 Å². The molecule has 1 amide bonds. The van der Waals surface area contributed by atoms with Crippen LogP contribution >= 0.6 is 11.8 Å². The minimum Gasteiger partial charge on any atom is -0.494 e. The number of fused-ring (bicyclic) bond motifs is 1. The molecule has 7 nitrogen and oxygen atoms in total. The molecule has 0 unspecified atom stereocenters. The van der Waals surface area contributed by atoms with E-state index in [0.29, 0.717) is 17.5 Å². The molecule has 4 rings (SSSR count). The maximum absolute atomic E-state index is 12.7. The Morgan fingerprint density at radius 1 is 1.10 bits per heavy atom. The predicted molar refractivity (Wildman–Crippen MR) is 118 cm³/mol. The summed E-state index contributed by atoms with van der Waals surface area (Å²) in [6.07, 6.45) is 0. The molecule has 152 valence electrons. The second-order valence-electron chi connectivity index (χ2n) is 6.58. The van der Waals surface area contributed by atoms with Crippen LogP contribution in [0.4, 0.5) is 5.69 Å². The topological polar surface area (TPSA) is 81.9 Å². The van der Waals surface area contributed by atoms with Gasteiger partial charge in [-0.1, -0.05) is 48.2 Å². The van der Waals surface area contributed by atoms with Crippen molar-refractivity contribution in [3.8, 4) is 11.4 Å². The van der Waals surface area contributed by atoms with Crippen LogP contribution in [0.2, 0.25) is 0 Å². The maximum atomic E-state index is 12.7. The van der Waals surface area contributed by atoms with Gasteiger partial charge in [-0.15, -0.1) is 5.10 Å². The zero-order chi connectivity index (χ0) is 20.9. The summed E-state index contributed by atoms with van der Waals surface area (Å²) in [6.45, 7) is 4.36. The van der Waals surface area contributed by atoms with E-state index in [4.69, 9.17) is 4.74 Å². The molecule has 0 bridgehead atoms. The number of tetrazole rings is 1. The number of carbonyl (C=O) groups is 1. The van der Waals surface area contributed by atoms with E-state index in [1.54, 1.807) is 4.68 Å². The van der Waals surface area contributed by atoms with Gasteiger partial charge in [0.1, 0.15) is 5.75 Å². The average Bonchev–Trinajstić information content (AvgIpc) is 3.22. The van der Waals surface area contributed by atoms with Gasteiger partial charge in [0, 0.05) is 11.1 Å². The van der Waals surface area contributed by atoms with Crippen LogP contribution in [0, 0.1) is 0 Å². The quantitative estimate of drug-likeness (QED) is 0.449. The molecule has 0 saturated heterocycles. The van der Waals surface area contributed by atoms with E-state index in [1.165, 1.54) is 11.8 Å². The standard InChI is InChI=1S/C22H21N5O2S/c1-3-29-18-13-11-17(12-14-18)23-21(28)15(2)30-22-24-25-26-27(22)20-10-6-8-16-7-4-5-9-19(16)20/h4-15H,3H2,1-2H3,(H,23,28)/t15-/m0/s1. The first-order valence-corrected chi connectivity index (χ1v) is 10.5. The molecule has 4 aromatic rings. The molecule has 0 saturated carbocycles. The number of aromatic nitrogens is 4. The molecule has 1 atom stereocenters. The molecule has 1 N–H and O–H groups in total. The van der Waals surface area contributed by atoms with Gasteiger partial charge in [0.05, 0.1) is 17.5 Å². The molecule has 1 aromatic heterocycles. The molecule has 3 aromatic carbocycles. The lowest BCUT2D eigenvalue weighted by atomic mass is 10.1. The number of rotatable bonds is 7. The number of nitrogens with zero attached hydrogens (tertiary/aromatic N) is 4. The zero-order valence-electron chi connectivity index (χ0n) is 16.6. The van der Waals surface area contributed by atoms with Crippen molar-refractivity contribution < 1.29 is 9.53 Å². The van der Waals surface area contributed by atoms with Gasteiger partial charge in [-0.05, 0) is 60.0 Å². The van der Waals surface area contributed by atoms with Crippen molar-refractivity contribution in [2.75, 3.05) is 11.9 Å². The number of nitrogens with one attached hydrogen (secondary N) is 1. The number of hydrogen-bond acceptors (Lipinski definition) is 6. The summed E-state index contributed by atoms with van der Waals surface area (Å²) in [5.74, 6) is 0.642. The zero-order valence-corrected chi connectivity index (χ0v) is 17.5. The van der Waals surface area contributed by atoms with Crippen LogP contribution in [0.5, 0.6) is 5.75 Å². The van der Waals surface area contributed by atoms with Gasteiger partial charge in [0.25, 0.3) is 0 Å². The number of hydrogen-bond donors (Lipinski definition) is 1. The van der Waals surface area contributed by atoms with Crippen LogP contribution in [0.15, 0.2) is 71.9 Å². The Hall–Kier alpha value is -3.39. The monoisotopic (exact) mass is 419 g/mol. The Labute approximate surface area is 178 Å². The molecule has 0 aliphatic rings. The molecular formula is C22H21N5O2S. The Balaban J connectivity index is 1.50. The summed E-state index contributed by atoms with van der Waals surface area (Å²) < 4.78 is 7.10. The minimum absolute atomic E-state index is 0.128. The normalized spacial score (nSPS) is 11.9. The van der Waals surface area contributed by atoms with Gasteiger partial charge in [0.15, 0.2) is 0 Å². The van der Waals surface area contributed by atoms with Gasteiger partial charge in [-0.25, -0.2) is 0 Å². The van der Waals surface area contributed by atoms with E-state index in [2.05, 4.69) is 20.8 Å². The van der Waals surface area contributed by atoms with Crippen molar-refractivity contribution in [2.45, 2.75) is 24.3 Å². The van der Waals surface area contributed by atoms with E-state index in [0.717, 1.165) is 22.2 Å². The van der Waals surface area contributed by atoms with Crippen molar-refractivity contribution in [1.29, 1.82) is 0 Å². The molecule has 8 heteroatoms. The van der Waals surface area contributed by atoms with Crippen LogP contribution < -0.4 is 10.1 Å². The van der Waals surface area contributed by atoms with Crippen LogP contribution in [-0.4, -0.2) is 38.0 Å². The van der Waals surface area contributed by atoms with E-state index in [9.17, 15) is 4.79 Å². The molecular weight excluding hydrogens is 398 g/mol. The fraction of sp³-hybridized carbons (Fsp3) is 0.182. The summed E-state index contributed by atoms with van der Waals surface area (Å²) in [5.41, 5.74) is 1.59. The Morgan fingerprint density at radius 3 is 2.67 bits per heavy atom. The molecule has 30 heavy (non-hydrogen) atoms. The van der Waals surface area contributed by atoms with Crippen molar-refractivity contribution >= 4 is 34.1 Å². The second-order valence-corrected chi connectivity index (χ2v) is 7.89. The number of carbonyl (C=O) groups excluding carboxylic acids is 1. The van der Waals surface area contributed by atoms with Gasteiger partial charge >= 0.3 is 0 Å². The van der Waals surface area contributed by atoms with Gasteiger partial charge in [0.2, 0.25) is 11.1 Å². The highest BCUT2D eigenvalue weighted by atomic mass is 32.2. The lowest BCUT2D eigenvalue weighted by Gasteiger charge is -2.13. The van der Waals surface area contributed by atoms with Crippen molar-refractivity contribution in [3.05, 3.63) is 66.7 Å². The summed E-state index contributed by atoms with van der Waals surface area (Å²) in [7, 11) is 0.